The molecular weight excluding hydrogens is 344 g/mol. The fourth-order valence-electron chi connectivity index (χ4n) is 2.54. The van der Waals surface area contributed by atoms with Gasteiger partial charge >= 0.3 is 0 Å². The monoisotopic (exact) mass is 358 g/mol. The molecule has 2 heterocycles. The Morgan fingerprint density at radius 1 is 1.12 bits per heavy atom. The second kappa shape index (κ2) is 6.79. The van der Waals surface area contributed by atoms with E-state index in [2.05, 4.69) is 15.5 Å². The minimum atomic E-state index is -0.589. The SMILES string of the molecule is O=C(Nc1ccc2nn(-c3ccc(Cl)cc3)nc2c1)C1COCCO1. The molecule has 0 spiro atoms. The maximum Gasteiger partial charge on any atom is 0.255 e. The van der Waals surface area contributed by atoms with Crippen LogP contribution in [0.3, 0.4) is 0 Å². The fraction of sp³-hybridized carbons (Fsp3) is 0.235. The highest BCUT2D eigenvalue weighted by molar-refractivity contribution is 6.30. The molecule has 1 amide bonds. The summed E-state index contributed by atoms with van der Waals surface area (Å²) in [4.78, 5) is 13.7. The lowest BCUT2D eigenvalue weighted by Crippen LogP contribution is -2.39. The Hall–Kier alpha value is -2.48. The van der Waals surface area contributed by atoms with Crippen molar-refractivity contribution in [2.45, 2.75) is 6.10 Å². The Kier molecular flexibility index (Phi) is 4.35. The van der Waals surface area contributed by atoms with Crippen LogP contribution in [-0.4, -0.2) is 46.8 Å². The molecule has 8 heteroatoms. The Morgan fingerprint density at radius 3 is 2.68 bits per heavy atom. The maximum absolute atomic E-state index is 12.2. The van der Waals surface area contributed by atoms with Crippen LogP contribution in [0.2, 0.25) is 5.02 Å². The maximum atomic E-state index is 12.2. The molecule has 25 heavy (non-hydrogen) atoms. The van der Waals surface area contributed by atoms with Gasteiger partial charge in [0.2, 0.25) is 0 Å². The largest absolute Gasteiger partial charge is 0.376 e. The third-order valence-corrected chi connectivity index (χ3v) is 4.07. The summed E-state index contributed by atoms with van der Waals surface area (Å²) in [7, 11) is 0. The summed E-state index contributed by atoms with van der Waals surface area (Å²) >= 11 is 5.90. The molecule has 1 N–H and O–H groups in total. The van der Waals surface area contributed by atoms with Crippen LogP contribution in [0.15, 0.2) is 42.5 Å². The van der Waals surface area contributed by atoms with Crippen LogP contribution < -0.4 is 5.32 Å². The second-order valence-electron chi connectivity index (χ2n) is 5.59. The van der Waals surface area contributed by atoms with Crippen molar-refractivity contribution in [1.82, 2.24) is 15.0 Å². The van der Waals surface area contributed by atoms with Crippen molar-refractivity contribution in [1.29, 1.82) is 0 Å². The van der Waals surface area contributed by atoms with E-state index in [1.807, 2.05) is 18.2 Å². The molecule has 2 aromatic carbocycles. The number of hydrogen-bond donors (Lipinski definition) is 1. The fourth-order valence-corrected chi connectivity index (χ4v) is 2.67. The van der Waals surface area contributed by atoms with Crippen LogP contribution in [0.4, 0.5) is 5.69 Å². The van der Waals surface area contributed by atoms with Crippen molar-refractivity contribution < 1.29 is 14.3 Å². The van der Waals surface area contributed by atoms with Gasteiger partial charge in [0, 0.05) is 10.7 Å². The van der Waals surface area contributed by atoms with Crippen molar-refractivity contribution in [2.75, 3.05) is 25.1 Å². The molecule has 1 aromatic heterocycles. The van der Waals surface area contributed by atoms with Crippen LogP contribution >= 0.6 is 11.6 Å². The Labute approximate surface area is 148 Å². The summed E-state index contributed by atoms with van der Waals surface area (Å²) in [5.41, 5.74) is 2.84. The summed E-state index contributed by atoms with van der Waals surface area (Å²) in [6, 6.07) is 12.6. The van der Waals surface area contributed by atoms with Gasteiger partial charge in [0.25, 0.3) is 5.91 Å². The number of rotatable bonds is 3. The van der Waals surface area contributed by atoms with Gasteiger partial charge in [-0.15, -0.1) is 10.2 Å². The first-order chi connectivity index (χ1) is 12.2. The first-order valence-corrected chi connectivity index (χ1v) is 8.20. The van der Waals surface area contributed by atoms with Gasteiger partial charge in [0.05, 0.1) is 25.5 Å². The molecule has 0 saturated carbocycles. The van der Waals surface area contributed by atoms with Crippen molar-refractivity contribution in [2.24, 2.45) is 0 Å². The van der Waals surface area contributed by atoms with E-state index >= 15 is 0 Å². The molecule has 128 valence electrons. The van der Waals surface area contributed by atoms with E-state index in [9.17, 15) is 4.79 Å². The minimum absolute atomic E-state index is 0.232. The lowest BCUT2D eigenvalue weighted by Gasteiger charge is -2.21. The number of ether oxygens (including phenoxy) is 2. The van der Waals surface area contributed by atoms with Gasteiger partial charge in [0.1, 0.15) is 11.0 Å². The summed E-state index contributed by atoms with van der Waals surface area (Å²) < 4.78 is 10.6. The lowest BCUT2D eigenvalue weighted by molar-refractivity contribution is -0.142. The second-order valence-corrected chi connectivity index (χ2v) is 6.03. The van der Waals surface area contributed by atoms with Gasteiger partial charge in [-0.2, -0.15) is 4.80 Å². The third-order valence-electron chi connectivity index (χ3n) is 3.81. The predicted molar refractivity (Wildman–Crippen MR) is 93.1 cm³/mol. The van der Waals surface area contributed by atoms with Crippen LogP contribution in [-0.2, 0) is 14.3 Å². The molecule has 1 aliphatic rings. The molecule has 7 nitrogen and oxygen atoms in total. The molecule has 0 bridgehead atoms. The third kappa shape index (κ3) is 3.48. The zero-order valence-corrected chi connectivity index (χ0v) is 13.9. The Bertz CT molecular complexity index is 904. The van der Waals surface area contributed by atoms with Crippen LogP contribution in [0, 0.1) is 0 Å². The smallest absolute Gasteiger partial charge is 0.255 e. The topological polar surface area (TPSA) is 78.3 Å². The lowest BCUT2D eigenvalue weighted by atomic mass is 10.2. The molecule has 4 rings (SSSR count). The highest BCUT2D eigenvalue weighted by Crippen LogP contribution is 2.19. The van der Waals surface area contributed by atoms with Gasteiger partial charge in [-0.3, -0.25) is 4.79 Å². The minimum Gasteiger partial charge on any atom is -0.376 e. The number of carbonyl (C=O) groups is 1. The van der Waals surface area contributed by atoms with E-state index in [4.69, 9.17) is 21.1 Å². The van der Waals surface area contributed by atoms with Crippen molar-refractivity contribution >= 4 is 34.2 Å². The normalized spacial score (nSPS) is 17.6. The molecule has 0 radical (unpaired) electrons. The number of halogens is 1. The van der Waals surface area contributed by atoms with Crippen molar-refractivity contribution in [3.8, 4) is 5.69 Å². The molecule has 0 aliphatic carbocycles. The quantitative estimate of drug-likeness (QED) is 0.778. The summed E-state index contributed by atoms with van der Waals surface area (Å²) in [5, 5.41) is 12.4. The van der Waals surface area contributed by atoms with E-state index < -0.39 is 6.10 Å². The molecule has 1 unspecified atom stereocenters. The standard InChI is InChI=1S/C17H15ClN4O3/c18-11-1-4-13(5-2-11)22-20-14-6-3-12(9-15(14)21-22)19-17(23)16-10-24-7-8-25-16/h1-6,9,16H,7-8,10H2,(H,19,23). The molecule has 1 fully saturated rings. The van der Waals surface area contributed by atoms with Gasteiger partial charge in [-0.25, -0.2) is 0 Å². The number of carbonyl (C=O) groups excluding carboxylic acids is 1. The highest BCUT2D eigenvalue weighted by atomic mass is 35.5. The first kappa shape index (κ1) is 16.0. The van der Waals surface area contributed by atoms with E-state index in [1.165, 1.54) is 4.80 Å². The first-order valence-electron chi connectivity index (χ1n) is 7.82. The van der Waals surface area contributed by atoms with E-state index in [-0.39, 0.29) is 12.5 Å². The zero-order valence-electron chi connectivity index (χ0n) is 13.2. The summed E-state index contributed by atoms with van der Waals surface area (Å²) in [6.45, 7) is 1.21. The number of anilines is 1. The number of hydrogen-bond acceptors (Lipinski definition) is 5. The summed E-state index contributed by atoms with van der Waals surface area (Å²) in [5.74, 6) is -0.232. The van der Waals surface area contributed by atoms with E-state index in [0.29, 0.717) is 29.4 Å². The van der Waals surface area contributed by atoms with Crippen LogP contribution in [0.25, 0.3) is 16.7 Å². The van der Waals surface area contributed by atoms with Gasteiger partial charge in [-0.05, 0) is 42.5 Å². The average Bonchev–Trinajstić information content (AvgIpc) is 3.06. The molecule has 3 aromatic rings. The van der Waals surface area contributed by atoms with Crippen LogP contribution in [0.5, 0.6) is 0 Å². The number of nitrogens with one attached hydrogen (secondary N) is 1. The van der Waals surface area contributed by atoms with Gasteiger partial charge in [-0.1, -0.05) is 11.6 Å². The Balaban J connectivity index is 1.55. The Morgan fingerprint density at radius 2 is 1.92 bits per heavy atom. The summed E-state index contributed by atoms with van der Waals surface area (Å²) in [6.07, 6.45) is -0.589. The van der Waals surface area contributed by atoms with E-state index in [0.717, 1.165) is 11.2 Å². The van der Waals surface area contributed by atoms with E-state index in [1.54, 1.807) is 24.3 Å². The average molecular weight is 359 g/mol. The van der Waals surface area contributed by atoms with Crippen molar-refractivity contribution in [3.63, 3.8) is 0 Å². The highest BCUT2D eigenvalue weighted by Gasteiger charge is 2.22. The number of benzene rings is 2. The number of aromatic nitrogens is 3. The van der Waals surface area contributed by atoms with Gasteiger partial charge in [0.15, 0.2) is 6.10 Å². The van der Waals surface area contributed by atoms with Crippen molar-refractivity contribution in [3.05, 3.63) is 47.5 Å². The number of fused-ring (bicyclic) bond motifs is 1. The molecule has 1 atom stereocenters. The predicted octanol–water partition coefficient (Wildman–Crippen LogP) is 2.43. The van der Waals surface area contributed by atoms with Gasteiger partial charge < -0.3 is 14.8 Å². The zero-order chi connectivity index (χ0) is 17.2. The van der Waals surface area contributed by atoms with Crippen LogP contribution in [0.1, 0.15) is 0 Å². The number of nitrogens with zero attached hydrogens (tertiary/aromatic N) is 3. The molecular formula is C17H15ClN4O3. The molecule has 1 aliphatic heterocycles. The number of amides is 1. The molecule has 1 saturated heterocycles.